The monoisotopic (exact) mass is 376 g/mol. The molecule has 0 radical (unpaired) electrons. The number of amides is 1. The molecule has 0 saturated carbocycles. The van der Waals surface area contributed by atoms with Crippen LogP contribution in [0.15, 0.2) is 60.7 Å². The summed E-state index contributed by atoms with van der Waals surface area (Å²) in [5.74, 6) is 0.190. The van der Waals surface area contributed by atoms with Gasteiger partial charge in [0.15, 0.2) is 5.82 Å². The van der Waals surface area contributed by atoms with Gasteiger partial charge in [-0.2, -0.15) is 4.80 Å². The van der Waals surface area contributed by atoms with Gasteiger partial charge in [0.05, 0.1) is 5.41 Å². The summed E-state index contributed by atoms with van der Waals surface area (Å²) in [5, 5.41) is 12.9. The van der Waals surface area contributed by atoms with Crippen molar-refractivity contribution in [3.8, 4) is 0 Å². The summed E-state index contributed by atoms with van der Waals surface area (Å²) in [7, 11) is 0. The van der Waals surface area contributed by atoms with Gasteiger partial charge in [-0.1, -0.05) is 60.7 Å². The summed E-state index contributed by atoms with van der Waals surface area (Å²) < 4.78 is 0. The van der Waals surface area contributed by atoms with Crippen LogP contribution in [0.5, 0.6) is 0 Å². The highest BCUT2D eigenvalue weighted by Crippen LogP contribution is 2.40. The molecule has 7 nitrogen and oxygen atoms in total. The van der Waals surface area contributed by atoms with Crippen LogP contribution in [-0.2, 0) is 23.3 Å². The number of carbonyl (C=O) groups is 1. The van der Waals surface area contributed by atoms with E-state index in [2.05, 4.69) is 56.7 Å². The van der Waals surface area contributed by atoms with Crippen molar-refractivity contribution in [1.29, 1.82) is 0 Å². The number of benzene rings is 2. The molecule has 4 rings (SSSR count). The van der Waals surface area contributed by atoms with Crippen LogP contribution >= 0.6 is 0 Å². The van der Waals surface area contributed by atoms with Crippen LogP contribution in [0.4, 0.5) is 0 Å². The second kappa shape index (κ2) is 7.90. The zero-order chi connectivity index (χ0) is 19.4. The highest BCUT2D eigenvalue weighted by molar-refractivity contribution is 5.73. The number of primary amides is 1. The third-order valence-electron chi connectivity index (χ3n) is 5.46. The van der Waals surface area contributed by atoms with Gasteiger partial charge in [-0.05, 0) is 42.3 Å². The lowest BCUT2D eigenvalue weighted by Gasteiger charge is -2.40. The summed E-state index contributed by atoms with van der Waals surface area (Å²) in [5.41, 5.74) is 7.48. The number of hydrogen-bond acceptors (Lipinski definition) is 5. The van der Waals surface area contributed by atoms with Gasteiger partial charge in [-0.15, -0.1) is 10.2 Å². The number of carbonyl (C=O) groups excluding carboxylic acids is 1. The van der Waals surface area contributed by atoms with Crippen LogP contribution in [-0.4, -0.2) is 44.1 Å². The highest BCUT2D eigenvalue weighted by atomic mass is 16.1. The number of piperidine rings is 1. The quantitative estimate of drug-likeness (QED) is 0.708. The van der Waals surface area contributed by atoms with E-state index in [4.69, 9.17) is 5.73 Å². The minimum absolute atomic E-state index is 0.0575. The molecule has 1 fully saturated rings. The molecule has 0 atom stereocenters. The fourth-order valence-electron chi connectivity index (χ4n) is 3.97. The van der Waals surface area contributed by atoms with Gasteiger partial charge >= 0.3 is 0 Å². The van der Waals surface area contributed by atoms with E-state index < -0.39 is 5.91 Å². The summed E-state index contributed by atoms with van der Waals surface area (Å²) in [6, 6.07) is 20.9. The molecule has 2 N–H and O–H groups in total. The summed E-state index contributed by atoms with van der Waals surface area (Å²) >= 11 is 0. The molecular weight excluding hydrogens is 352 g/mol. The zero-order valence-electron chi connectivity index (χ0n) is 15.7. The maximum absolute atomic E-state index is 11.2. The van der Waals surface area contributed by atoms with E-state index in [-0.39, 0.29) is 12.0 Å². The van der Waals surface area contributed by atoms with Crippen LogP contribution in [0.2, 0.25) is 0 Å². The maximum atomic E-state index is 11.2. The lowest BCUT2D eigenvalue weighted by atomic mass is 9.72. The molecule has 3 aromatic rings. The number of rotatable bonds is 6. The smallest absolute Gasteiger partial charge is 0.241 e. The molecule has 0 spiro atoms. The predicted octanol–water partition coefficient (Wildman–Crippen LogP) is 1.74. The Morgan fingerprint density at radius 1 is 1.00 bits per heavy atom. The van der Waals surface area contributed by atoms with Gasteiger partial charge in [0.25, 0.3) is 0 Å². The normalized spacial score (nSPS) is 16.7. The minimum Gasteiger partial charge on any atom is -0.368 e. The van der Waals surface area contributed by atoms with Gasteiger partial charge < -0.3 is 5.73 Å². The van der Waals surface area contributed by atoms with Crippen molar-refractivity contribution in [2.75, 3.05) is 13.1 Å². The van der Waals surface area contributed by atoms with E-state index in [0.717, 1.165) is 32.5 Å². The van der Waals surface area contributed by atoms with E-state index in [9.17, 15) is 4.79 Å². The number of tetrazole rings is 1. The number of aromatic nitrogens is 4. The topological polar surface area (TPSA) is 89.9 Å². The summed E-state index contributed by atoms with van der Waals surface area (Å²) in [6.45, 7) is 2.76. The molecule has 0 aliphatic carbocycles. The Kier molecular flexibility index (Phi) is 5.16. The predicted molar refractivity (Wildman–Crippen MR) is 105 cm³/mol. The summed E-state index contributed by atoms with van der Waals surface area (Å²) in [6.07, 6.45) is 1.79. The van der Waals surface area contributed by atoms with E-state index >= 15 is 0 Å². The molecule has 144 valence electrons. The van der Waals surface area contributed by atoms with Crippen molar-refractivity contribution in [2.24, 2.45) is 5.73 Å². The molecular formula is C21H24N6O. The Morgan fingerprint density at radius 3 is 2.29 bits per heavy atom. The molecule has 7 heteroatoms. The van der Waals surface area contributed by atoms with Crippen molar-refractivity contribution in [2.45, 2.75) is 31.3 Å². The van der Waals surface area contributed by atoms with Crippen molar-refractivity contribution >= 4 is 5.91 Å². The van der Waals surface area contributed by atoms with Crippen molar-refractivity contribution in [1.82, 2.24) is 25.1 Å². The number of nitrogens with two attached hydrogens (primary N) is 1. The number of nitrogens with zero attached hydrogens (tertiary/aromatic N) is 5. The van der Waals surface area contributed by atoms with Gasteiger partial charge in [0.1, 0.15) is 6.54 Å². The molecule has 1 aliphatic rings. The SMILES string of the molecule is NC(=O)Cn1nnc(C2(c3ccccc3)CCN(Cc3ccccc3)CC2)n1. The maximum Gasteiger partial charge on any atom is 0.241 e. The van der Waals surface area contributed by atoms with E-state index in [0.29, 0.717) is 5.82 Å². The fraction of sp³-hybridized carbons (Fsp3) is 0.333. The number of likely N-dealkylation sites (tertiary alicyclic amines) is 1. The van der Waals surface area contributed by atoms with Crippen molar-refractivity contribution < 1.29 is 4.79 Å². The minimum atomic E-state index is -0.476. The molecule has 0 unspecified atom stereocenters. The first-order valence-electron chi connectivity index (χ1n) is 9.54. The average molecular weight is 376 g/mol. The lowest BCUT2D eigenvalue weighted by molar-refractivity contribution is -0.119. The fourth-order valence-corrected chi connectivity index (χ4v) is 3.97. The zero-order valence-corrected chi connectivity index (χ0v) is 15.7. The Bertz CT molecular complexity index is 916. The van der Waals surface area contributed by atoms with Crippen LogP contribution in [0.3, 0.4) is 0 Å². The molecule has 0 bridgehead atoms. The molecule has 1 aliphatic heterocycles. The standard InChI is InChI=1S/C21H24N6O/c22-19(28)16-27-24-20(23-25-27)21(18-9-5-2-6-10-18)11-13-26(14-12-21)15-17-7-3-1-4-8-17/h1-10H,11-16H2,(H2,22,28). The highest BCUT2D eigenvalue weighted by Gasteiger charge is 2.41. The first-order chi connectivity index (χ1) is 13.7. The second-order valence-electron chi connectivity index (χ2n) is 7.32. The lowest BCUT2D eigenvalue weighted by Crippen LogP contribution is -2.43. The van der Waals surface area contributed by atoms with Gasteiger partial charge in [-0.3, -0.25) is 9.69 Å². The third kappa shape index (κ3) is 3.80. The van der Waals surface area contributed by atoms with Crippen molar-refractivity contribution in [3.63, 3.8) is 0 Å². The van der Waals surface area contributed by atoms with E-state index in [1.807, 2.05) is 24.3 Å². The van der Waals surface area contributed by atoms with Gasteiger partial charge in [0.2, 0.25) is 5.91 Å². The van der Waals surface area contributed by atoms with Crippen LogP contribution < -0.4 is 5.73 Å². The second-order valence-corrected chi connectivity index (χ2v) is 7.32. The van der Waals surface area contributed by atoms with Gasteiger partial charge in [0, 0.05) is 6.54 Å². The molecule has 1 saturated heterocycles. The van der Waals surface area contributed by atoms with Crippen LogP contribution in [0.1, 0.15) is 29.8 Å². The third-order valence-corrected chi connectivity index (χ3v) is 5.46. The average Bonchev–Trinajstić information content (AvgIpc) is 3.18. The van der Waals surface area contributed by atoms with E-state index in [1.165, 1.54) is 15.9 Å². The molecule has 2 heterocycles. The first kappa shape index (κ1) is 18.3. The number of hydrogen-bond donors (Lipinski definition) is 1. The molecule has 1 amide bonds. The van der Waals surface area contributed by atoms with Crippen LogP contribution in [0, 0.1) is 0 Å². The Balaban J connectivity index is 1.58. The molecule has 28 heavy (non-hydrogen) atoms. The van der Waals surface area contributed by atoms with Gasteiger partial charge in [-0.25, -0.2) is 0 Å². The Labute approximate surface area is 164 Å². The van der Waals surface area contributed by atoms with E-state index in [1.54, 1.807) is 0 Å². The molecule has 1 aromatic heterocycles. The Morgan fingerprint density at radius 2 is 1.64 bits per heavy atom. The Hall–Kier alpha value is -3.06. The van der Waals surface area contributed by atoms with Crippen molar-refractivity contribution in [3.05, 3.63) is 77.6 Å². The largest absolute Gasteiger partial charge is 0.368 e. The summed E-state index contributed by atoms with van der Waals surface area (Å²) in [4.78, 5) is 15.0. The first-order valence-corrected chi connectivity index (χ1v) is 9.54. The van der Waals surface area contributed by atoms with Crippen LogP contribution in [0.25, 0.3) is 0 Å². The molecule has 2 aromatic carbocycles.